The van der Waals surface area contributed by atoms with Gasteiger partial charge in [-0.25, -0.2) is 17.6 Å². The molecule has 0 radical (unpaired) electrons. The standard InChI is InChI=1S/C25H34FN3O4S/c1-25(2,3)33-24(30)28-14-11-21(12-15-28)29(16-13-26)18-19-5-10-23(27-17-19)20-6-8-22(9-7-20)34(4,31)32/h5-10,17,21H,11-16,18H2,1-4H3. The van der Waals surface area contributed by atoms with Crippen LogP contribution in [0.2, 0.25) is 0 Å². The van der Waals surface area contributed by atoms with Gasteiger partial charge in [-0.2, -0.15) is 0 Å². The number of rotatable bonds is 7. The zero-order valence-corrected chi connectivity index (χ0v) is 21.1. The van der Waals surface area contributed by atoms with Crippen LogP contribution in [-0.4, -0.2) is 73.5 Å². The van der Waals surface area contributed by atoms with E-state index in [-0.39, 0.29) is 17.0 Å². The van der Waals surface area contributed by atoms with Crippen molar-refractivity contribution in [3.63, 3.8) is 0 Å². The molecule has 0 N–H and O–H groups in total. The smallest absolute Gasteiger partial charge is 0.410 e. The van der Waals surface area contributed by atoms with Gasteiger partial charge in [0.25, 0.3) is 0 Å². The summed E-state index contributed by atoms with van der Waals surface area (Å²) in [6.07, 6.45) is 4.18. The summed E-state index contributed by atoms with van der Waals surface area (Å²) in [6.45, 7) is 7.18. The summed E-state index contributed by atoms with van der Waals surface area (Å²) in [4.78, 5) is 21.0. The Morgan fingerprint density at radius 3 is 2.29 bits per heavy atom. The van der Waals surface area contributed by atoms with Crippen LogP contribution in [0.5, 0.6) is 0 Å². The molecule has 0 aliphatic carbocycles. The van der Waals surface area contributed by atoms with Crippen LogP contribution in [0.15, 0.2) is 47.5 Å². The fourth-order valence-corrected chi connectivity index (χ4v) is 4.67. The Kier molecular flexibility index (Phi) is 8.30. The third-order valence-electron chi connectivity index (χ3n) is 5.79. The lowest BCUT2D eigenvalue weighted by Crippen LogP contribution is -2.48. The van der Waals surface area contributed by atoms with Gasteiger partial charge >= 0.3 is 6.09 Å². The third kappa shape index (κ3) is 7.24. The van der Waals surface area contributed by atoms with E-state index >= 15 is 0 Å². The first kappa shape index (κ1) is 26.1. The third-order valence-corrected chi connectivity index (χ3v) is 6.92. The fourth-order valence-electron chi connectivity index (χ4n) is 4.04. The fraction of sp³-hybridized carbons (Fsp3) is 0.520. The molecular formula is C25H34FN3O4S. The van der Waals surface area contributed by atoms with Crippen molar-refractivity contribution >= 4 is 15.9 Å². The van der Waals surface area contributed by atoms with E-state index in [2.05, 4.69) is 9.88 Å². The van der Waals surface area contributed by atoms with Crippen molar-refractivity contribution in [2.75, 3.05) is 32.6 Å². The summed E-state index contributed by atoms with van der Waals surface area (Å²) in [5, 5.41) is 0. The van der Waals surface area contributed by atoms with Crippen molar-refractivity contribution in [3.8, 4) is 11.3 Å². The first-order valence-corrected chi connectivity index (χ1v) is 13.4. The van der Waals surface area contributed by atoms with Crippen molar-refractivity contribution in [1.82, 2.24) is 14.8 Å². The van der Waals surface area contributed by atoms with E-state index in [1.165, 1.54) is 6.26 Å². The number of benzene rings is 1. The normalized spacial score (nSPS) is 15.5. The van der Waals surface area contributed by atoms with Gasteiger partial charge in [0.1, 0.15) is 12.3 Å². The number of piperidine rings is 1. The molecule has 1 aromatic heterocycles. The maximum absolute atomic E-state index is 13.3. The number of nitrogens with zero attached hydrogens (tertiary/aromatic N) is 3. The highest BCUT2D eigenvalue weighted by molar-refractivity contribution is 7.90. The quantitative estimate of drug-likeness (QED) is 0.574. The minimum atomic E-state index is -3.24. The highest BCUT2D eigenvalue weighted by atomic mass is 32.2. The molecule has 34 heavy (non-hydrogen) atoms. The van der Waals surface area contributed by atoms with E-state index in [0.29, 0.717) is 26.2 Å². The molecule has 1 aromatic carbocycles. The van der Waals surface area contributed by atoms with Crippen molar-refractivity contribution < 1.29 is 22.3 Å². The summed E-state index contributed by atoms with van der Waals surface area (Å²) >= 11 is 0. The van der Waals surface area contributed by atoms with Crippen LogP contribution < -0.4 is 0 Å². The van der Waals surface area contributed by atoms with Crippen LogP contribution >= 0.6 is 0 Å². The van der Waals surface area contributed by atoms with Gasteiger partial charge in [-0.15, -0.1) is 0 Å². The van der Waals surface area contributed by atoms with Crippen LogP contribution in [0.4, 0.5) is 9.18 Å². The highest BCUT2D eigenvalue weighted by Crippen LogP contribution is 2.23. The molecule has 0 bridgehead atoms. The summed E-state index contributed by atoms with van der Waals surface area (Å²) in [5.74, 6) is 0. The first-order chi connectivity index (χ1) is 16.0. The molecule has 0 saturated carbocycles. The predicted molar refractivity (Wildman–Crippen MR) is 130 cm³/mol. The molecule has 1 amide bonds. The predicted octanol–water partition coefficient (Wildman–Crippen LogP) is 4.32. The molecule has 0 spiro atoms. The lowest BCUT2D eigenvalue weighted by Gasteiger charge is -2.38. The lowest BCUT2D eigenvalue weighted by atomic mass is 10.0. The van der Waals surface area contributed by atoms with Crippen molar-refractivity contribution in [2.24, 2.45) is 0 Å². The van der Waals surface area contributed by atoms with Crippen LogP contribution in [-0.2, 0) is 21.1 Å². The Labute approximate surface area is 201 Å². The van der Waals surface area contributed by atoms with E-state index in [1.807, 2.05) is 32.9 Å². The second kappa shape index (κ2) is 10.8. The van der Waals surface area contributed by atoms with Crippen LogP contribution in [0.3, 0.4) is 0 Å². The number of hydrogen-bond acceptors (Lipinski definition) is 6. The molecule has 186 valence electrons. The Hall–Kier alpha value is -2.52. The molecule has 0 unspecified atom stereocenters. The maximum Gasteiger partial charge on any atom is 0.410 e. The van der Waals surface area contributed by atoms with E-state index in [1.54, 1.807) is 35.4 Å². The molecule has 2 heterocycles. The van der Waals surface area contributed by atoms with Gasteiger partial charge in [0.15, 0.2) is 9.84 Å². The number of ether oxygens (including phenoxy) is 1. The zero-order chi connectivity index (χ0) is 24.9. The van der Waals surface area contributed by atoms with E-state index in [0.717, 1.165) is 29.7 Å². The first-order valence-electron chi connectivity index (χ1n) is 11.5. The minimum Gasteiger partial charge on any atom is -0.444 e. The Morgan fingerprint density at radius 1 is 1.15 bits per heavy atom. The summed E-state index contributed by atoms with van der Waals surface area (Å²) in [5.41, 5.74) is 2.02. The van der Waals surface area contributed by atoms with Gasteiger partial charge in [-0.05, 0) is 57.4 Å². The highest BCUT2D eigenvalue weighted by Gasteiger charge is 2.29. The topological polar surface area (TPSA) is 79.8 Å². The van der Waals surface area contributed by atoms with Gasteiger partial charge in [0.2, 0.25) is 0 Å². The van der Waals surface area contributed by atoms with Crippen molar-refractivity contribution in [1.29, 1.82) is 0 Å². The van der Waals surface area contributed by atoms with Crippen LogP contribution in [0.1, 0.15) is 39.2 Å². The van der Waals surface area contributed by atoms with E-state index < -0.39 is 22.1 Å². The average Bonchev–Trinajstić information content (AvgIpc) is 2.78. The van der Waals surface area contributed by atoms with Gasteiger partial charge in [0.05, 0.1) is 10.6 Å². The molecule has 2 aromatic rings. The zero-order valence-electron chi connectivity index (χ0n) is 20.3. The molecule has 1 fully saturated rings. The number of hydrogen-bond donors (Lipinski definition) is 0. The number of sulfone groups is 1. The number of aromatic nitrogens is 1. The lowest BCUT2D eigenvalue weighted by molar-refractivity contribution is 0.0133. The second-order valence-corrected chi connectivity index (χ2v) is 11.7. The summed E-state index contributed by atoms with van der Waals surface area (Å²) in [6, 6.07) is 10.7. The number of halogens is 1. The van der Waals surface area contributed by atoms with Gasteiger partial charge in [-0.3, -0.25) is 9.88 Å². The minimum absolute atomic E-state index is 0.178. The SMILES string of the molecule is CC(C)(C)OC(=O)N1CCC(N(CCF)Cc2ccc(-c3ccc(S(C)(=O)=O)cc3)nc2)CC1. The molecule has 1 aliphatic heterocycles. The van der Waals surface area contributed by atoms with Crippen molar-refractivity contribution in [3.05, 3.63) is 48.2 Å². The second-order valence-electron chi connectivity index (χ2n) is 9.71. The molecule has 1 aliphatic rings. The largest absolute Gasteiger partial charge is 0.444 e. The summed E-state index contributed by atoms with van der Waals surface area (Å²) in [7, 11) is -3.24. The maximum atomic E-state index is 13.3. The summed E-state index contributed by atoms with van der Waals surface area (Å²) < 4.78 is 42.1. The number of alkyl halides is 1. The number of amides is 1. The Bertz CT molecular complexity index is 1060. The molecule has 3 rings (SSSR count). The van der Waals surface area contributed by atoms with E-state index in [4.69, 9.17) is 4.74 Å². The molecule has 9 heteroatoms. The van der Waals surface area contributed by atoms with Crippen molar-refractivity contribution in [2.45, 2.75) is 56.7 Å². The average molecular weight is 492 g/mol. The number of carbonyl (C=O) groups is 1. The monoisotopic (exact) mass is 491 g/mol. The van der Waals surface area contributed by atoms with Gasteiger partial charge < -0.3 is 9.64 Å². The molecular weight excluding hydrogens is 457 g/mol. The van der Waals surface area contributed by atoms with Crippen LogP contribution in [0, 0.1) is 0 Å². The molecule has 0 atom stereocenters. The number of carbonyl (C=O) groups excluding carboxylic acids is 1. The number of pyridine rings is 1. The number of likely N-dealkylation sites (tertiary alicyclic amines) is 1. The van der Waals surface area contributed by atoms with E-state index in [9.17, 15) is 17.6 Å². The Balaban J connectivity index is 1.61. The molecule has 1 saturated heterocycles. The molecule has 7 nitrogen and oxygen atoms in total. The Morgan fingerprint density at radius 2 is 1.79 bits per heavy atom. The van der Waals surface area contributed by atoms with Gasteiger partial charge in [-0.1, -0.05) is 18.2 Å². The van der Waals surface area contributed by atoms with Gasteiger partial charge in [0, 0.05) is 50.2 Å². The van der Waals surface area contributed by atoms with Crippen LogP contribution in [0.25, 0.3) is 11.3 Å².